The van der Waals surface area contributed by atoms with Gasteiger partial charge in [-0.05, 0) is 24.6 Å². The van der Waals surface area contributed by atoms with Crippen LogP contribution in [0.15, 0.2) is 22.7 Å². The van der Waals surface area contributed by atoms with E-state index in [-0.39, 0.29) is 23.6 Å². The molecule has 1 aromatic heterocycles. The van der Waals surface area contributed by atoms with E-state index in [1.165, 1.54) is 12.1 Å². The first-order valence-electron chi connectivity index (χ1n) is 6.29. The van der Waals surface area contributed by atoms with Gasteiger partial charge in [-0.25, -0.2) is 0 Å². The van der Waals surface area contributed by atoms with Crippen LogP contribution in [0.3, 0.4) is 0 Å². The molecule has 7 nitrogen and oxygen atoms in total. The molecule has 7 heteroatoms. The van der Waals surface area contributed by atoms with E-state index in [1.807, 2.05) is 0 Å². The third-order valence-corrected chi connectivity index (χ3v) is 3.40. The molecule has 1 fully saturated rings. The first-order valence-corrected chi connectivity index (χ1v) is 6.29. The summed E-state index contributed by atoms with van der Waals surface area (Å²) < 4.78 is 10.5. The Kier molecular flexibility index (Phi) is 3.29. The van der Waals surface area contributed by atoms with E-state index in [2.05, 4.69) is 15.5 Å². The summed E-state index contributed by atoms with van der Waals surface area (Å²) in [6.45, 7) is 0.749. The van der Waals surface area contributed by atoms with Crippen LogP contribution in [0.1, 0.15) is 18.4 Å². The lowest BCUT2D eigenvalue weighted by atomic mass is 10.2. The highest BCUT2D eigenvalue weighted by Crippen LogP contribution is 2.30. The minimum Gasteiger partial charge on any atom is -0.504 e. The summed E-state index contributed by atoms with van der Waals surface area (Å²) in [6, 6.07) is 4.37. The highest BCUT2D eigenvalue weighted by Gasteiger charge is 2.29. The zero-order valence-electron chi connectivity index (χ0n) is 10.9. The van der Waals surface area contributed by atoms with Crippen LogP contribution in [-0.2, 0) is 4.74 Å². The van der Waals surface area contributed by atoms with Gasteiger partial charge in [0.1, 0.15) is 0 Å². The van der Waals surface area contributed by atoms with Crippen LogP contribution in [0.5, 0.6) is 11.5 Å². The number of phenolic OH excluding ortho intramolecular Hbond substituents is 2. The van der Waals surface area contributed by atoms with Gasteiger partial charge in [0.05, 0.1) is 12.1 Å². The second kappa shape index (κ2) is 5.10. The second-order valence-corrected chi connectivity index (χ2v) is 4.71. The molecule has 1 aliphatic heterocycles. The molecule has 0 spiro atoms. The van der Waals surface area contributed by atoms with Gasteiger partial charge in [0.25, 0.3) is 0 Å². The van der Waals surface area contributed by atoms with Gasteiger partial charge in [0, 0.05) is 19.2 Å². The molecule has 0 saturated carbocycles. The Morgan fingerprint density at radius 1 is 1.35 bits per heavy atom. The molecule has 106 valence electrons. The number of phenols is 2. The van der Waals surface area contributed by atoms with E-state index < -0.39 is 0 Å². The van der Waals surface area contributed by atoms with E-state index in [0.29, 0.717) is 17.3 Å². The van der Waals surface area contributed by atoms with Crippen LogP contribution in [0, 0.1) is 0 Å². The first-order chi connectivity index (χ1) is 9.67. The number of aromatic hydroxyl groups is 2. The van der Waals surface area contributed by atoms with Crippen LogP contribution in [0.25, 0.3) is 11.4 Å². The zero-order valence-corrected chi connectivity index (χ0v) is 10.9. The highest BCUT2D eigenvalue weighted by atomic mass is 16.5. The number of methoxy groups -OCH3 is 1. The molecule has 2 atom stereocenters. The van der Waals surface area contributed by atoms with Crippen molar-refractivity contribution in [2.24, 2.45) is 0 Å². The largest absolute Gasteiger partial charge is 0.504 e. The summed E-state index contributed by atoms with van der Waals surface area (Å²) >= 11 is 0. The lowest BCUT2D eigenvalue weighted by Gasteiger charge is -2.04. The number of hydrogen-bond donors (Lipinski definition) is 3. The highest BCUT2D eigenvalue weighted by molar-refractivity contribution is 5.59. The number of aromatic nitrogens is 2. The fraction of sp³-hybridized carbons (Fsp3) is 0.385. The van der Waals surface area contributed by atoms with Crippen LogP contribution in [-0.4, -0.2) is 40.1 Å². The molecule has 20 heavy (non-hydrogen) atoms. The van der Waals surface area contributed by atoms with Crippen LogP contribution >= 0.6 is 0 Å². The summed E-state index contributed by atoms with van der Waals surface area (Å²) in [5.41, 5.74) is 0.580. The topological polar surface area (TPSA) is 101 Å². The molecular weight excluding hydrogens is 262 g/mol. The van der Waals surface area contributed by atoms with E-state index >= 15 is 0 Å². The van der Waals surface area contributed by atoms with Gasteiger partial charge >= 0.3 is 0 Å². The molecule has 0 aliphatic carbocycles. The van der Waals surface area contributed by atoms with Crippen molar-refractivity contribution in [2.75, 3.05) is 13.7 Å². The van der Waals surface area contributed by atoms with Gasteiger partial charge in [-0.15, -0.1) is 0 Å². The van der Waals surface area contributed by atoms with Crippen LogP contribution < -0.4 is 5.32 Å². The molecule has 2 unspecified atom stereocenters. The molecule has 3 rings (SSSR count). The van der Waals surface area contributed by atoms with Crippen molar-refractivity contribution in [2.45, 2.75) is 18.6 Å². The fourth-order valence-electron chi connectivity index (χ4n) is 2.23. The normalized spacial score (nSPS) is 22.2. The van der Waals surface area contributed by atoms with Crippen molar-refractivity contribution < 1.29 is 19.5 Å². The van der Waals surface area contributed by atoms with Gasteiger partial charge in [-0.3, -0.25) is 0 Å². The third-order valence-electron chi connectivity index (χ3n) is 3.40. The minimum absolute atomic E-state index is 0.0214. The number of hydrogen-bond acceptors (Lipinski definition) is 7. The number of nitrogens with one attached hydrogen (secondary N) is 1. The summed E-state index contributed by atoms with van der Waals surface area (Å²) in [5, 5.41) is 25.9. The third kappa shape index (κ3) is 2.33. The predicted molar refractivity (Wildman–Crippen MR) is 69.2 cm³/mol. The average Bonchev–Trinajstić information content (AvgIpc) is 3.09. The second-order valence-electron chi connectivity index (χ2n) is 4.71. The zero-order chi connectivity index (χ0) is 14.1. The monoisotopic (exact) mass is 277 g/mol. The quantitative estimate of drug-likeness (QED) is 0.724. The molecular formula is C13H15N3O4. The Morgan fingerprint density at radius 3 is 2.90 bits per heavy atom. The van der Waals surface area contributed by atoms with E-state index in [0.717, 1.165) is 13.0 Å². The number of rotatable bonds is 3. The molecule has 2 heterocycles. The Labute approximate surface area is 115 Å². The van der Waals surface area contributed by atoms with Crippen molar-refractivity contribution in [1.82, 2.24) is 15.5 Å². The van der Waals surface area contributed by atoms with Crippen molar-refractivity contribution in [3.05, 3.63) is 24.1 Å². The van der Waals surface area contributed by atoms with Crippen LogP contribution in [0.4, 0.5) is 0 Å². The predicted octanol–water partition coefficient (Wildman–Crippen LogP) is 1.20. The summed E-state index contributed by atoms with van der Waals surface area (Å²) in [6.07, 6.45) is 0.923. The van der Waals surface area contributed by atoms with Gasteiger partial charge in [-0.1, -0.05) is 5.16 Å². The van der Waals surface area contributed by atoms with Gasteiger partial charge in [0.2, 0.25) is 11.7 Å². The molecule has 0 radical (unpaired) electrons. The summed E-state index contributed by atoms with van der Waals surface area (Å²) in [7, 11) is 1.67. The van der Waals surface area contributed by atoms with Crippen molar-refractivity contribution in [3.8, 4) is 22.9 Å². The van der Waals surface area contributed by atoms with Gasteiger partial charge in [-0.2, -0.15) is 4.98 Å². The van der Waals surface area contributed by atoms with Crippen LogP contribution in [0.2, 0.25) is 0 Å². The molecule has 0 bridgehead atoms. The smallest absolute Gasteiger partial charge is 0.244 e. The maximum atomic E-state index is 9.48. The number of benzene rings is 1. The molecule has 2 aromatic rings. The summed E-state index contributed by atoms with van der Waals surface area (Å²) in [4.78, 5) is 4.31. The lowest BCUT2D eigenvalue weighted by Crippen LogP contribution is -2.16. The first kappa shape index (κ1) is 12.9. The van der Waals surface area contributed by atoms with E-state index in [9.17, 15) is 10.2 Å². The van der Waals surface area contributed by atoms with E-state index in [1.54, 1.807) is 13.2 Å². The molecule has 1 aliphatic rings. The maximum Gasteiger partial charge on any atom is 0.244 e. The minimum atomic E-state index is -0.215. The Balaban J connectivity index is 1.81. The molecule has 3 N–H and O–H groups in total. The van der Waals surface area contributed by atoms with Gasteiger partial charge in [0.15, 0.2) is 11.5 Å². The Hall–Kier alpha value is -2.12. The maximum absolute atomic E-state index is 9.48. The Bertz CT molecular complexity index is 613. The fourth-order valence-corrected chi connectivity index (χ4v) is 2.23. The number of ether oxygens (including phenoxy) is 1. The average molecular weight is 277 g/mol. The van der Waals surface area contributed by atoms with E-state index in [4.69, 9.17) is 9.26 Å². The van der Waals surface area contributed by atoms with Crippen molar-refractivity contribution >= 4 is 0 Å². The standard InChI is InChI=1S/C13H15N3O4/c1-19-8-5-9(14-6-8)13-15-12(16-20-13)7-2-3-10(17)11(18)4-7/h2-4,8-9,14,17-18H,5-6H2,1H3. The molecule has 0 amide bonds. The van der Waals surface area contributed by atoms with Crippen molar-refractivity contribution in [1.29, 1.82) is 0 Å². The lowest BCUT2D eigenvalue weighted by molar-refractivity contribution is 0.116. The molecule has 1 saturated heterocycles. The SMILES string of the molecule is COC1CNC(c2nc(-c3ccc(O)c(O)c3)no2)C1. The summed E-state index contributed by atoms with van der Waals surface area (Å²) in [5.74, 6) is 0.468. The number of nitrogens with zero attached hydrogens (tertiary/aromatic N) is 2. The van der Waals surface area contributed by atoms with Crippen molar-refractivity contribution in [3.63, 3.8) is 0 Å². The molecule has 1 aromatic carbocycles. The Morgan fingerprint density at radius 2 is 2.20 bits per heavy atom. The van der Waals surface area contributed by atoms with Gasteiger partial charge < -0.3 is 24.8 Å².